The number of hydrogen-bond donors (Lipinski definition) is 0. The van der Waals surface area contributed by atoms with E-state index in [0.717, 1.165) is 12.8 Å². The maximum Gasteiger partial charge on any atom is 0.162 e. The first kappa shape index (κ1) is 22.3. The molecule has 23 heavy (non-hydrogen) atoms. The molecule has 0 N–H and O–H groups in total. The second-order valence-corrected chi connectivity index (χ2v) is 7.31. The molecule has 4 nitrogen and oxygen atoms in total. The molecule has 1 atom stereocenters. The Morgan fingerprint density at radius 1 is 1.09 bits per heavy atom. The second kappa shape index (κ2) is 11.7. The molecule has 0 radical (unpaired) electrons. The third-order valence-electron chi connectivity index (χ3n) is 4.34. The minimum absolute atomic E-state index is 0.0770. The van der Waals surface area contributed by atoms with Gasteiger partial charge in [-0.05, 0) is 30.6 Å². The van der Waals surface area contributed by atoms with E-state index in [1.165, 1.54) is 0 Å². The van der Waals surface area contributed by atoms with E-state index >= 15 is 0 Å². The van der Waals surface area contributed by atoms with Crippen molar-refractivity contribution >= 4 is 11.6 Å². The maximum atomic E-state index is 12.5. The van der Waals surface area contributed by atoms with Gasteiger partial charge in [-0.15, -0.1) is 0 Å². The monoisotopic (exact) mass is 328 g/mol. The molecule has 0 saturated heterocycles. The van der Waals surface area contributed by atoms with Gasteiger partial charge in [0.15, 0.2) is 5.78 Å². The number of carbonyl (C=O) groups is 2. The molecule has 0 saturated carbocycles. The van der Waals surface area contributed by atoms with Gasteiger partial charge in [0, 0.05) is 25.9 Å². The molecular weight excluding hydrogens is 292 g/mol. The van der Waals surface area contributed by atoms with Gasteiger partial charge in [0.25, 0.3) is 0 Å². The van der Waals surface area contributed by atoms with Crippen molar-refractivity contribution in [3.05, 3.63) is 0 Å². The fraction of sp³-hybridized carbons (Fsp3) is 0.895. The molecule has 4 heteroatoms. The van der Waals surface area contributed by atoms with Crippen LogP contribution in [0.2, 0.25) is 0 Å². The molecule has 0 aromatic carbocycles. The molecule has 0 aliphatic heterocycles. The summed E-state index contributed by atoms with van der Waals surface area (Å²) in [5.74, 6) is 0.880. The van der Waals surface area contributed by atoms with E-state index in [1.54, 1.807) is 0 Å². The smallest absolute Gasteiger partial charge is 0.162 e. The van der Waals surface area contributed by atoms with Crippen molar-refractivity contribution < 1.29 is 19.1 Å². The maximum absolute atomic E-state index is 12.5. The normalized spacial score (nSPS) is 13.3. The average Bonchev–Trinajstić information content (AvgIpc) is 2.49. The third kappa shape index (κ3) is 9.87. The van der Waals surface area contributed by atoms with Crippen molar-refractivity contribution in [3.8, 4) is 0 Å². The van der Waals surface area contributed by atoms with Crippen LogP contribution in [0.1, 0.15) is 80.1 Å². The van der Waals surface area contributed by atoms with Crippen LogP contribution in [-0.4, -0.2) is 31.1 Å². The predicted octanol–water partition coefficient (Wildman–Crippen LogP) is 4.55. The van der Waals surface area contributed by atoms with Gasteiger partial charge in [-0.2, -0.15) is 0 Å². The number of carbonyl (C=O) groups excluding carboxylic acids is 2. The molecule has 0 unspecified atom stereocenters. The topological polar surface area (TPSA) is 52.6 Å². The Morgan fingerprint density at radius 2 is 1.74 bits per heavy atom. The molecule has 0 rings (SSSR count). The summed E-state index contributed by atoms with van der Waals surface area (Å²) < 4.78 is 11.3. The van der Waals surface area contributed by atoms with Crippen molar-refractivity contribution in [2.45, 2.75) is 86.2 Å². The Labute approximate surface area is 142 Å². The molecule has 136 valence electrons. The van der Waals surface area contributed by atoms with Gasteiger partial charge in [-0.3, -0.25) is 9.59 Å². The first-order valence-corrected chi connectivity index (χ1v) is 8.98. The SMILES string of the molecule is CCC(=O)CCCC(=O)[C@H](OCOCCC(C)C)C(C)(C)CC. The van der Waals surface area contributed by atoms with Crippen LogP contribution >= 0.6 is 0 Å². The summed E-state index contributed by atoms with van der Waals surface area (Å²) in [7, 11) is 0. The number of Topliss-reactive ketones (excluding diaryl/α,β-unsaturated/α-hetero) is 2. The summed E-state index contributed by atoms with van der Waals surface area (Å²) >= 11 is 0. The first-order chi connectivity index (χ1) is 10.7. The highest BCUT2D eigenvalue weighted by Gasteiger charge is 2.34. The lowest BCUT2D eigenvalue weighted by molar-refractivity contribution is -0.157. The molecule has 0 aliphatic rings. The van der Waals surface area contributed by atoms with Crippen LogP contribution in [0, 0.1) is 11.3 Å². The highest BCUT2D eigenvalue weighted by atomic mass is 16.7. The number of ketones is 2. The van der Waals surface area contributed by atoms with Crippen molar-refractivity contribution in [1.29, 1.82) is 0 Å². The van der Waals surface area contributed by atoms with E-state index in [1.807, 2.05) is 20.8 Å². The predicted molar refractivity (Wildman–Crippen MR) is 93.4 cm³/mol. The highest BCUT2D eigenvalue weighted by molar-refractivity contribution is 5.85. The van der Waals surface area contributed by atoms with E-state index < -0.39 is 6.10 Å². The molecule has 0 fully saturated rings. The lowest BCUT2D eigenvalue weighted by atomic mass is 9.80. The average molecular weight is 328 g/mol. The fourth-order valence-electron chi connectivity index (χ4n) is 2.20. The molecule has 0 heterocycles. The zero-order valence-electron chi connectivity index (χ0n) is 15.9. The second-order valence-electron chi connectivity index (χ2n) is 7.31. The lowest BCUT2D eigenvalue weighted by Gasteiger charge is -2.32. The fourth-order valence-corrected chi connectivity index (χ4v) is 2.20. The molecule has 0 amide bonds. The van der Waals surface area contributed by atoms with Gasteiger partial charge in [-0.25, -0.2) is 0 Å². The Balaban J connectivity index is 4.39. The summed E-state index contributed by atoms with van der Waals surface area (Å²) in [6.45, 7) is 13.1. The Hall–Kier alpha value is -0.740. The zero-order valence-corrected chi connectivity index (χ0v) is 15.9. The number of hydrogen-bond acceptors (Lipinski definition) is 4. The highest BCUT2D eigenvalue weighted by Crippen LogP contribution is 2.29. The van der Waals surface area contributed by atoms with Gasteiger partial charge in [0.05, 0.1) is 0 Å². The molecular formula is C19H36O4. The third-order valence-corrected chi connectivity index (χ3v) is 4.34. The van der Waals surface area contributed by atoms with E-state index in [-0.39, 0.29) is 23.8 Å². The van der Waals surface area contributed by atoms with Crippen LogP contribution in [0.4, 0.5) is 0 Å². The molecule has 0 spiro atoms. The van der Waals surface area contributed by atoms with E-state index in [9.17, 15) is 9.59 Å². The lowest BCUT2D eigenvalue weighted by Crippen LogP contribution is -2.39. The Morgan fingerprint density at radius 3 is 2.26 bits per heavy atom. The standard InChI is InChI=1S/C19H36O4/c1-7-16(20)10-9-11-17(21)18(19(5,6)8-2)23-14-22-13-12-15(3)4/h15,18H,7-14H2,1-6H3/t18-/m0/s1. The molecule has 0 aromatic rings. The van der Waals surface area contributed by atoms with Crippen LogP contribution in [-0.2, 0) is 19.1 Å². The molecule has 0 aliphatic carbocycles. The number of ether oxygens (including phenoxy) is 2. The minimum atomic E-state index is -0.469. The van der Waals surface area contributed by atoms with Gasteiger partial charge in [0.1, 0.15) is 18.7 Å². The largest absolute Gasteiger partial charge is 0.355 e. The first-order valence-electron chi connectivity index (χ1n) is 8.98. The quantitative estimate of drug-likeness (QED) is 0.347. The van der Waals surface area contributed by atoms with Gasteiger partial charge < -0.3 is 9.47 Å². The van der Waals surface area contributed by atoms with Crippen molar-refractivity contribution in [2.24, 2.45) is 11.3 Å². The van der Waals surface area contributed by atoms with Crippen LogP contribution in [0.15, 0.2) is 0 Å². The summed E-state index contributed by atoms with van der Waals surface area (Å²) in [5, 5.41) is 0. The van der Waals surface area contributed by atoms with Crippen molar-refractivity contribution in [3.63, 3.8) is 0 Å². The Kier molecular flexibility index (Phi) is 11.4. The zero-order chi connectivity index (χ0) is 17.9. The van der Waals surface area contributed by atoms with E-state index in [2.05, 4.69) is 20.8 Å². The van der Waals surface area contributed by atoms with E-state index in [0.29, 0.717) is 38.2 Å². The van der Waals surface area contributed by atoms with Gasteiger partial charge >= 0.3 is 0 Å². The van der Waals surface area contributed by atoms with Crippen LogP contribution in [0.5, 0.6) is 0 Å². The Bertz CT molecular complexity index is 347. The van der Waals surface area contributed by atoms with E-state index in [4.69, 9.17) is 9.47 Å². The summed E-state index contributed by atoms with van der Waals surface area (Å²) in [5.41, 5.74) is -0.229. The summed E-state index contributed by atoms with van der Waals surface area (Å²) in [4.78, 5) is 23.9. The molecule has 0 bridgehead atoms. The van der Waals surface area contributed by atoms with Crippen LogP contribution < -0.4 is 0 Å². The van der Waals surface area contributed by atoms with Crippen molar-refractivity contribution in [1.82, 2.24) is 0 Å². The van der Waals surface area contributed by atoms with Gasteiger partial charge in [0.2, 0.25) is 0 Å². The van der Waals surface area contributed by atoms with Crippen LogP contribution in [0.3, 0.4) is 0 Å². The molecule has 0 aromatic heterocycles. The minimum Gasteiger partial charge on any atom is -0.355 e. The van der Waals surface area contributed by atoms with Crippen LogP contribution in [0.25, 0.3) is 0 Å². The summed E-state index contributed by atoms with van der Waals surface area (Å²) in [6.07, 6.45) is 3.39. The van der Waals surface area contributed by atoms with Gasteiger partial charge in [-0.1, -0.05) is 41.5 Å². The van der Waals surface area contributed by atoms with Crippen molar-refractivity contribution in [2.75, 3.05) is 13.4 Å². The number of rotatable bonds is 14. The summed E-state index contributed by atoms with van der Waals surface area (Å²) in [6, 6.07) is 0.